The molecular formula is C21H33NO2. The molecule has 0 atom stereocenters. The summed E-state index contributed by atoms with van der Waals surface area (Å²) >= 11 is 0. The molecule has 3 nitrogen and oxygen atoms in total. The molecule has 134 valence electrons. The predicted octanol–water partition coefficient (Wildman–Crippen LogP) is 4.90. The maximum Gasteiger partial charge on any atom is 0.338 e. The molecule has 1 aliphatic heterocycles. The van der Waals surface area contributed by atoms with Gasteiger partial charge < -0.3 is 4.74 Å². The summed E-state index contributed by atoms with van der Waals surface area (Å²) in [5.41, 5.74) is 1.45. The van der Waals surface area contributed by atoms with Gasteiger partial charge in [-0.25, -0.2) is 4.79 Å². The lowest BCUT2D eigenvalue weighted by Gasteiger charge is -2.32. The summed E-state index contributed by atoms with van der Waals surface area (Å²) in [7, 11) is 0. The molecule has 1 aromatic rings. The first-order valence-corrected chi connectivity index (χ1v) is 9.27. The van der Waals surface area contributed by atoms with Crippen molar-refractivity contribution in [2.45, 2.75) is 66.0 Å². The highest BCUT2D eigenvalue weighted by atomic mass is 16.6. The van der Waals surface area contributed by atoms with Gasteiger partial charge in [0.1, 0.15) is 5.60 Å². The fourth-order valence-electron chi connectivity index (χ4n) is 3.39. The molecule has 1 aliphatic rings. The van der Waals surface area contributed by atoms with Crippen LogP contribution in [0, 0.1) is 11.8 Å². The lowest BCUT2D eigenvalue weighted by atomic mass is 9.88. The van der Waals surface area contributed by atoms with E-state index >= 15 is 0 Å². The molecule has 0 aromatic heterocycles. The lowest BCUT2D eigenvalue weighted by molar-refractivity contribution is 0.00695. The van der Waals surface area contributed by atoms with Gasteiger partial charge in [0.25, 0.3) is 0 Å². The highest BCUT2D eigenvalue weighted by Crippen LogP contribution is 2.25. The second kappa shape index (κ2) is 8.15. The largest absolute Gasteiger partial charge is 0.456 e. The Bertz CT molecular complexity index is 520. The molecule has 1 saturated heterocycles. The number of carbonyl (C=O) groups is 1. The van der Waals surface area contributed by atoms with Gasteiger partial charge in [-0.3, -0.25) is 4.90 Å². The average Bonchev–Trinajstić information content (AvgIpc) is 2.48. The first kappa shape index (κ1) is 19.0. The molecule has 3 heteroatoms. The van der Waals surface area contributed by atoms with Crippen molar-refractivity contribution in [2.24, 2.45) is 11.8 Å². The Morgan fingerprint density at radius 2 is 1.75 bits per heavy atom. The quantitative estimate of drug-likeness (QED) is 0.719. The van der Waals surface area contributed by atoms with Gasteiger partial charge in [0.05, 0.1) is 5.56 Å². The van der Waals surface area contributed by atoms with Gasteiger partial charge >= 0.3 is 5.97 Å². The van der Waals surface area contributed by atoms with Crippen LogP contribution in [0.3, 0.4) is 0 Å². The van der Waals surface area contributed by atoms with Crippen LogP contribution < -0.4 is 0 Å². The Morgan fingerprint density at radius 3 is 2.25 bits per heavy atom. The molecule has 1 heterocycles. The normalized spacial score (nSPS) is 17.2. The first-order chi connectivity index (χ1) is 11.2. The summed E-state index contributed by atoms with van der Waals surface area (Å²) in [6.07, 6.45) is 3.99. The summed E-state index contributed by atoms with van der Waals surface area (Å²) in [5, 5.41) is 0. The molecule has 1 fully saturated rings. The third-order valence-corrected chi connectivity index (χ3v) is 4.51. The first-order valence-electron chi connectivity index (χ1n) is 9.27. The van der Waals surface area contributed by atoms with E-state index in [-0.39, 0.29) is 5.97 Å². The predicted molar refractivity (Wildman–Crippen MR) is 99.1 cm³/mol. The number of rotatable bonds is 5. The molecule has 1 aromatic carbocycles. The van der Waals surface area contributed by atoms with E-state index in [0.717, 1.165) is 18.4 Å². The van der Waals surface area contributed by atoms with Crippen molar-refractivity contribution in [3.63, 3.8) is 0 Å². The summed E-state index contributed by atoms with van der Waals surface area (Å²) < 4.78 is 5.41. The Labute approximate surface area is 147 Å². The fourth-order valence-corrected chi connectivity index (χ4v) is 3.39. The average molecular weight is 332 g/mol. The number of nitrogens with zero attached hydrogens (tertiary/aromatic N) is 1. The van der Waals surface area contributed by atoms with E-state index in [0.29, 0.717) is 5.56 Å². The number of hydrogen-bond donors (Lipinski definition) is 0. The van der Waals surface area contributed by atoms with E-state index in [1.807, 2.05) is 32.9 Å². The van der Waals surface area contributed by atoms with Gasteiger partial charge in [0, 0.05) is 6.54 Å². The summed E-state index contributed by atoms with van der Waals surface area (Å²) in [5.74, 6) is 1.46. The molecule has 0 radical (unpaired) electrons. The number of esters is 1. The molecule has 2 rings (SSSR count). The van der Waals surface area contributed by atoms with Crippen molar-refractivity contribution in [3.8, 4) is 0 Å². The molecule has 0 N–H and O–H groups in total. The number of ether oxygens (including phenoxy) is 1. The van der Waals surface area contributed by atoms with Crippen LogP contribution in [0.4, 0.5) is 0 Å². The molecule has 0 amide bonds. The monoisotopic (exact) mass is 331 g/mol. The summed E-state index contributed by atoms with van der Waals surface area (Å²) in [4.78, 5) is 14.6. The molecule has 0 bridgehead atoms. The zero-order chi connectivity index (χ0) is 17.7. The van der Waals surface area contributed by atoms with Crippen LogP contribution in [0.25, 0.3) is 0 Å². The fraction of sp³-hybridized carbons (Fsp3) is 0.667. The molecule has 0 saturated carbocycles. The molecular weight excluding hydrogens is 298 g/mol. The SMILES string of the molecule is CC(C)CC1CCN(Cc2ccc(C(=O)OC(C)(C)C)cc2)CC1. The van der Waals surface area contributed by atoms with Crippen LogP contribution in [0.5, 0.6) is 0 Å². The Hall–Kier alpha value is -1.35. The van der Waals surface area contributed by atoms with E-state index < -0.39 is 5.60 Å². The number of likely N-dealkylation sites (tertiary alicyclic amines) is 1. The minimum absolute atomic E-state index is 0.247. The Morgan fingerprint density at radius 1 is 1.17 bits per heavy atom. The minimum atomic E-state index is -0.448. The number of benzene rings is 1. The summed E-state index contributed by atoms with van der Waals surface area (Å²) in [6, 6.07) is 7.88. The van der Waals surface area contributed by atoms with Gasteiger partial charge in [-0.2, -0.15) is 0 Å². The molecule has 0 aliphatic carbocycles. The second-order valence-electron chi connectivity index (χ2n) is 8.55. The van der Waals surface area contributed by atoms with E-state index in [1.165, 1.54) is 37.9 Å². The van der Waals surface area contributed by atoms with Gasteiger partial charge in [-0.05, 0) is 82.7 Å². The summed E-state index contributed by atoms with van der Waals surface area (Å²) in [6.45, 7) is 13.7. The van der Waals surface area contributed by atoms with Crippen LogP contribution in [0.1, 0.15) is 69.8 Å². The highest BCUT2D eigenvalue weighted by Gasteiger charge is 2.20. The Balaban J connectivity index is 1.83. The maximum absolute atomic E-state index is 12.1. The molecule has 24 heavy (non-hydrogen) atoms. The van der Waals surface area contributed by atoms with Crippen molar-refractivity contribution < 1.29 is 9.53 Å². The van der Waals surface area contributed by atoms with Crippen LogP contribution in [0.2, 0.25) is 0 Å². The smallest absolute Gasteiger partial charge is 0.338 e. The zero-order valence-electron chi connectivity index (χ0n) is 16.0. The topological polar surface area (TPSA) is 29.5 Å². The van der Waals surface area contributed by atoms with E-state index in [4.69, 9.17) is 4.74 Å². The van der Waals surface area contributed by atoms with Gasteiger partial charge in [-0.1, -0.05) is 26.0 Å². The second-order valence-corrected chi connectivity index (χ2v) is 8.55. The van der Waals surface area contributed by atoms with Crippen molar-refractivity contribution >= 4 is 5.97 Å². The van der Waals surface area contributed by atoms with Crippen molar-refractivity contribution in [2.75, 3.05) is 13.1 Å². The van der Waals surface area contributed by atoms with E-state index in [2.05, 4.69) is 30.9 Å². The molecule has 0 unspecified atom stereocenters. The number of piperidine rings is 1. The third kappa shape index (κ3) is 6.27. The standard InChI is InChI=1S/C21H33NO2/c1-16(2)14-17-10-12-22(13-11-17)15-18-6-8-19(9-7-18)20(23)24-21(3,4)5/h6-9,16-17H,10-15H2,1-5H3. The zero-order valence-corrected chi connectivity index (χ0v) is 16.0. The van der Waals surface area contributed by atoms with Crippen molar-refractivity contribution in [1.82, 2.24) is 4.90 Å². The molecule has 0 spiro atoms. The minimum Gasteiger partial charge on any atom is -0.456 e. The lowest BCUT2D eigenvalue weighted by Crippen LogP contribution is -2.33. The third-order valence-electron chi connectivity index (χ3n) is 4.51. The van der Waals surface area contributed by atoms with Crippen LogP contribution in [-0.4, -0.2) is 29.6 Å². The van der Waals surface area contributed by atoms with Crippen LogP contribution >= 0.6 is 0 Å². The van der Waals surface area contributed by atoms with Crippen molar-refractivity contribution in [1.29, 1.82) is 0 Å². The Kier molecular flexibility index (Phi) is 6.45. The van der Waals surface area contributed by atoms with Gasteiger partial charge in [-0.15, -0.1) is 0 Å². The number of carbonyl (C=O) groups excluding carboxylic acids is 1. The van der Waals surface area contributed by atoms with Crippen LogP contribution in [0.15, 0.2) is 24.3 Å². The van der Waals surface area contributed by atoms with E-state index in [1.54, 1.807) is 0 Å². The maximum atomic E-state index is 12.1. The van der Waals surface area contributed by atoms with Crippen molar-refractivity contribution in [3.05, 3.63) is 35.4 Å². The number of hydrogen-bond acceptors (Lipinski definition) is 3. The van der Waals surface area contributed by atoms with Gasteiger partial charge in [0.2, 0.25) is 0 Å². The van der Waals surface area contributed by atoms with E-state index in [9.17, 15) is 4.79 Å². The van der Waals surface area contributed by atoms with Crippen LogP contribution in [-0.2, 0) is 11.3 Å². The van der Waals surface area contributed by atoms with Gasteiger partial charge in [0.15, 0.2) is 0 Å². The highest BCUT2D eigenvalue weighted by molar-refractivity contribution is 5.89.